The minimum atomic E-state index is -0.517. The molecule has 9 heteroatoms. The van der Waals surface area contributed by atoms with Crippen LogP contribution in [0.2, 0.25) is 0 Å². The van der Waals surface area contributed by atoms with Gasteiger partial charge in [-0.05, 0) is 37.6 Å². The van der Waals surface area contributed by atoms with Gasteiger partial charge in [0.05, 0.1) is 25.0 Å². The minimum Gasteiger partial charge on any atom is -0.444 e. The third kappa shape index (κ3) is 3.53. The number of nitrogens with one attached hydrogen (secondary N) is 1. The molecule has 3 heterocycles. The van der Waals surface area contributed by atoms with Crippen LogP contribution in [0.15, 0.2) is 30.5 Å². The second-order valence-electron chi connectivity index (χ2n) is 7.45. The van der Waals surface area contributed by atoms with Gasteiger partial charge in [-0.15, -0.1) is 10.2 Å². The summed E-state index contributed by atoms with van der Waals surface area (Å²) in [6.07, 6.45) is 1.53. The van der Waals surface area contributed by atoms with E-state index >= 15 is 0 Å². The van der Waals surface area contributed by atoms with Crippen molar-refractivity contribution in [3.05, 3.63) is 36.2 Å². The van der Waals surface area contributed by atoms with Crippen LogP contribution < -0.4 is 0 Å². The number of carbonyl (C=O) groups is 1. The van der Waals surface area contributed by atoms with E-state index in [-0.39, 0.29) is 6.09 Å². The second-order valence-corrected chi connectivity index (χ2v) is 7.45. The van der Waals surface area contributed by atoms with Crippen molar-refractivity contribution in [2.45, 2.75) is 39.5 Å². The average molecular weight is 367 g/mol. The lowest BCUT2D eigenvalue weighted by Gasteiger charge is -2.30. The summed E-state index contributed by atoms with van der Waals surface area (Å²) in [5.41, 5.74) is 3.30. The van der Waals surface area contributed by atoms with Crippen molar-refractivity contribution in [2.24, 2.45) is 0 Å². The topological polar surface area (TPSA) is 102 Å². The lowest BCUT2D eigenvalue weighted by atomic mass is 10.0. The fraction of sp³-hybridized carbons (Fsp3) is 0.389. The zero-order valence-corrected chi connectivity index (χ0v) is 15.5. The molecule has 4 rings (SSSR count). The van der Waals surface area contributed by atoms with Gasteiger partial charge in [-0.2, -0.15) is 10.3 Å². The molecule has 0 aliphatic carbocycles. The molecule has 2 aromatic heterocycles. The Labute approximate surface area is 156 Å². The fourth-order valence-corrected chi connectivity index (χ4v) is 3.08. The van der Waals surface area contributed by atoms with E-state index in [0.29, 0.717) is 25.5 Å². The zero-order chi connectivity index (χ0) is 19.0. The molecule has 1 aliphatic rings. The fourth-order valence-electron chi connectivity index (χ4n) is 3.08. The maximum absolute atomic E-state index is 12.4. The summed E-state index contributed by atoms with van der Waals surface area (Å²) in [4.78, 5) is 14.2. The molecule has 1 amide bonds. The summed E-state index contributed by atoms with van der Waals surface area (Å²) in [6.45, 7) is 7.28. The Morgan fingerprint density at radius 3 is 2.78 bits per heavy atom. The summed E-state index contributed by atoms with van der Waals surface area (Å²) < 4.78 is 7.45. The Kier molecular flexibility index (Phi) is 4.14. The van der Waals surface area contributed by atoms with E-state index in [1.807, 2.05) is 55.9 Å². The highest BCUT2D eigenvalue weighted by atomic mass is 16.6. The van der Waals surface area contributed by atoms with E-state index in [1.165, 1.54) is 0 Å². The number of hydrogen-bond donors (Lipinski definition) is 1. The molecule has 0 fully saturated rings. The van der Waals surface area contributed by atoms with E-state index in [2.05, 4.69) is 25.7 Å². The standard InChI is InChI=1S/C18H21N7O2/c1-18(2,3)27-17(26)24-7-8-25-15(11-24)14(10-19-25)12-5-4-6-13(9-12)16-20-22-23-21-16/h4-6,9-10H,7-8,11H2,1-3H3,(H,20,21,22,23). The van der Waals surface area contributed by atoms with Gasteiger partial charge < -0.3 is 9.64 Å². The van der Waals surface area contributed by atoms with Gasteiger partial charge in [-0.1, -0.05) is 18.2 Å². The number of ether oxygens (including phenoxy) is 1. The molecule has 9 nitrogen and oxygen atoms in total. The van der Waals surface area contributed by atoms with E-state index in [9.17, 15) is 4.79 Å². The SMILES string of the molecule is CC(C)(C)OC(=O)N1CCn2ncc(-c3cccc(-c4nn[nH]n4)c3)c2C1. The molecule has 0 saturated heterocycles. The van der Waals surface area contributed by atoms with Crippen molar-refractivity contribution in [1.82, 2.24) is 35.3 Å². The maximum Gasteiger partial charge on any atom is 0.410 e. The number of fused-ring (bicyclic) bond motifs is 1. The Balaban J connectivity index is 1.62. The third-order valence-corrected chi connectivity index (χ3v) is 4.30. The van der Waals surface area contributed by atoms with Crippen LogP contribution in [0.4, 0.5) is 4.79 Å². The molecule has 0 unspecified atom stereocenters. The predicted octanol–water partition coefficient (Wildman–Crippen LogP) is 2.48. The molecule has 3 aromatic rings. The highest BCUT2D eigenvalue weighted by Gasteiger charge is 2.28. The lowest BCUT2D eigenvalue weighted by Crippen LogP contribution is -2.41. The molecule has 1 aliphatic heterocycles. The van der Waals surface area contributed by atoms with Crippen LogP contribution in [0, 0.1) is 0 Å². The van der Waals surface area contributed by atoms with Gasteiger partial charge >= 0.3 is 6.09 Å². The van der Waals surface area contributed by atoms with Gasteiger partial charge in [-0.3, -0.25) is 4.68 Å². The summed E-state index contributed by atoms with van der Waals surface area (Å²) in [6, 6.07) is 7.87. The molecular formula is C18H21N7O2. The summed E-state index contributed by atoms with van der Waals surface area (Å²) in [5, 5.41) is 18.6. The number of amides is 1. The molecule has 0 bridgehead atoms. The Hall–Kier alpha value is -3.23. The first-order chi connectivity index (χ1) is 12.9. The van der Waals surface area contributed by atoms with Crippen LogP contribution in [-0.4, -0.2) is 53.5 Å². The number of hydrogen-bond acceptors (Lipinski definition) is 6. The molecule has 0 atom stereocenters. The first kappa shape index (κ1) is 17.2. The highest BCUT2D eigenvalue weighted by Crippen LogP contribution is 2.29. The summed E-state index contributed by atoms with van der Waals surface area (Å²) in [7, 11) is 0. The van der Waals surface area contributed by atoms with E-state index < -0.39 is 5.60 Å². The smallest absolute Gasteiger partial charge is 0.410 e. The van der Waals surface area contributed by atoms with Crippen molar-refractivity contribution in [3.8, 4) is 22.5 Å². The first-order valence-electron chi connectivity index (χ1n) is 8.77. The number of H-pyrrole nitrogens is 1. The van der Waals surface area contributed by atoms with Crippen molar-refractivity contribution in [2.75, 3.05) is 6.54 Å². The number of tetrazole rings is 1. The first-order valence-corrected chi connectivity index (χ1v) is 8.77. The monoisotopic (exact) mass is 367 g/mol. The lowest BCUT2D eigenvalue weighted by molar-refractivity contribution is 0.0195. The molecule has 1 aromatic carbocycles. The van der Waals surface area contributed by atoms with E-state index in [1.54, 1.807) is 4.90 Å². The predicted molar refractivity (Wildman–Crippen MR) is 97.5 cm³/mol. The number of aromatic amines is 1. The third-order valence-electron chi connectivity index (χ3n) is 4.30. The highest BCUT2D eigenvalue weighted by molar-refractivity contribution is 5.73. The number of aromatic nitrogens is 6. The van der Waals surface area contributed by atoms with Gasteiger partial charge in [0.1, 0.15) is 5.60 Å². The maximum atomic E-state index is 12.4. The van der Waals surface area contributed by atoms with Gasteiger partial charge in [0.15, 0.2) is 0 Å². The molecule has 140 valence electrons. The van der Waals surface area contributed by atoms with Crippen molar-refractivity contribution in [1.29, 1.82) is 0 Å². The van der Waals surface area contributed by atoms with Crippen LogP contribution in [0.3, 0.4) is 0 Å². The largest absolute Gasteiger partial charge is 0.444 e. The molecule has 0 saturated carbocycles. The van der Waals surface area contributed by atoms with Crippen molar-refractivity contribution in [3.63, 3.8) is 0 Å². The summed E-state index contributed by atoms with van der Waals surface area (Å²) in [5.74, 6) is 0.535. The summed E-state index contributed by atoms with van der Waals surface area (Å²) >= 11 is 0. The van der Waals surface area contributed by atoms with Crippen LogP contribution in [0.25, 0.3) is 22.5 Å². The number of rotatable bonds is 2. The Bertz CT molecular complexity index is 957. The van der Waals surface area contributed by atoms with E-state index in [4.69, 9.17) is 4.74 Å². The van der Waals surface area contributed by atoms with Crippen LogP contribution in [0.5, 0.6) is 0 Å². The van der Waals surface area contributed by atoms with Crippen LogP contribution in [0.1, 0.15) is 26.5 Å². The van der Waals surface area contributed by atoms with Gasteiger partial charge in [0, 0.05) is 17.7 Å². The van der Waals surface area contributed by atoms with Gasteiger partial charge in [0.2, 0.25) is 5.82 Å². The number of benzene rings is 1. The molecule has 0 radical (unpaired) electrons. The van der Waals surface area contributed by atoms with Gasteiger partial charge in [-0.25, -0.2) is 4.79 Å². The van der Waals surface area contributed by atoms with Crippen molar-refractivity contribution < 1.29 is 9.53 Å². The molecule has 1 N–H and O–H groups in total. The quantitative estimate of drug-likeness (QED) is 0.746. The van der Waals surface area contributed by atoms with E-state index in [0.717, 1.165) is 22.4 Å². The number of nitrogens with zero attached hydrogens (tertiary/aromatic N) is 6. The second kappa shape index (κ2) is 6.49. The van der Waals surface area contributed by atoms with Crippen LogP contribution in [-0.2, 0) is 17.8 Å². The Morgan fingerprint density at radius 2 is 2.04 bits per heavy atom. The number of carbonyl (C=O) groups excluding carboxylic acids is 1. The zero-order valence-electron chi connectivity index (χ0n) is 15.5. The normalized spacial score (nSPS) is 14.1. The van der Waals surface area contributed by atoms with Crippen molar-refractivity contribution >= 4 is 6.09 Å². The molecule has 27 heavy (non-hydrogen) atoms. The molecule has 0 spiro atoms. The minimum absolute atomic E-state index is 0.304. The average Bonchev–Trinajstić information content (AvgIpc) is 3.30. The van der Waals surface area contributed by atoms with Crippen LogP contribution >= 0.6 is 0 Å². The molecular weight excluding hydrogens is 346 g/mol. The Morgan fingerprint density at radius 1 is 1.22 bits per heavy atom. The van der Waals surface area contributed by atoms with Gasteiger partial charge in [0.25, 0.3) is 0 Å².